The van der Waals surface area contributed by atoms with Crippen LogP contribution in [0.5, 0.6) is 0 Å². The Hall–Kier alpha value is -1.60. The van der Waals surface area contributed by atoms with Gasteiger partial charge in [-0.1, -0.05) is 86.0 Å². The molecule has 0 saturated carbocycles. The lowest BCUT2D eigenvalue weighted by Gasteiger charge is -1.94. The number of rotatable bonds is 1. The highest BCUT2D eigenvalue weighted by Crippen LogP contribution is 2.02. The fourth-order valence-corrected chi connectivity index (χ4v) is 1.46. The fraction of sp³-hybridized carbons (Fsp3) is 0.429. The molecule has 22 heavy (non-hydrogen) atoms. The summed E-state index contributed by atoms with van der Waals surface area (Å²) in [6.45, 7) is 12.5. The molecule has 0 aromatic heterocycles. The standard InChI is InChI=1S/C9H12.C8H10.C2H7N.C2H6/c1-3-9-6-4-8(2)5-7-9;1-7-3-5-8(2)6-4-7;1-3-2;1-2/h4-7H,3H2,1-2H3;3-6H,1-2H3;3H,1-2H3;1-2H3. The minimum atomic E-state index is 1.14. The lowest BCUT2D eigenvalue weighted by molar-refractivity contribution is 1.02. The zero-order valence-corrected chi connectivity index (χ0v) is 15.8. The van der Waals surface area contributed by atoms with Gasteiger partial charge < -0.3 is 5.32 Å². The Labute approximate surface area is 138 Å². The van der Waals surface area contributed by atoms with E-state index in [2.05, 4.69) is 81.5 Å². The Kier molecular flexibility index (Phi) is 16.3. The van der Waals surface area contributed by atoms with E-state index in [-0.39, 0.29) is 0 Å². The summed E-state index contributed by atoms with van der Waals surface area (Å²) in [5.41, 5.74) is 5.42. The second-order valence-corrected chi connectivity index (χ2v) is 4.99. The van der Waals surface area contributed by atoms with Crippen LogP contribution < -0.4 is 5.32 Å². The second kappa shape index (κ2) is 15.8. The summed E-state index contributed by atoms with van der Waals surface area (Å²) < 4.78 is 0. The van der Waals surface area contributed by atoms with E-state index in [1.54, 1.807) is 0 Å². The molecule has 1 heteroatoms. The third-order valence-electron chi connectivity index (χ3n) is 2.75. The molecule has 0 bridgehead atoms. The van der Waals surface area contributed by atoms with Gasteiger partial charge in [0, 0.05) is 0 Å². The van der Waals surface area contributed by atoms with Gasteiger partial charge >= 0.3 is 0 Å². The van der Waals surface area contributed by atoms with Crippen molar-refractivity contribution in [3.63, 3.8) is 0 Å². The first-order valence-corrected chi connectivity index (χ1v) is 8.20. The molecule has 0 aliphatic rings. The number of benzene rings is 2. The molecular formula is C21H35N. The summed E-state index contributed by atoms with van der Waals surface area (Å²) in [6, 6.07) is 17.1. The van der Waals surface area contributed by atoms with E-state index in [0.29, 0.717) is 0 Å². The maximum Gasteiger partial charge on any atom is -0.0167 e. The smallest absolute Gasteiger partial charge is 0.0167 e. The molecule has 0 spiro atoms. The van der Waals surface area contributed by atoms with Crippen LogP contribution in [0.4, 0.5) is 0 Å². The SMILES string of the molecule is CC.CCc1ccc(C)cc1.CNC.Cc1ccc(C)cc1. The largest absolute Gasteiger partial charge is 0.323 e. The van der Waals surface area contributed by atoms with Crippen molar-refractivity contribution >= 4 is 0 Å². The molecule has 0 aliphatic heterocycles. The highest BCUT2D eigenvalue weighted by Gasteiger charge is 1.84. The van der Waals surface area contributed by atoms with Gasteiger partial charge in [-0.15, -0.1) is 0 Å². The molecular weight excluding hydrogens is 266 g/mol. The highest BCUT2D eigenvalue weighted by atomic mass is 14.7. The van der Waals surface area contributed by atoms with Crippen molar-refractivity contribution in [3.8, 4) is 0 Å². The fourth-order valence-electron chi connectivity index (χ4n) is 1.46. The molecule has 124 valence electrons. The number of hydrogen-bond acceptors (Lipinski definition) is 1. The van der Waals surface area contributed by atoms with Gasteiger partial charge in [0.2, 0.25) is 0 Å². The Morgan fingerprint density at radius 3 is 1.09 bits per heavy atom. The molecule has 0 radical (unpaired) electrons. The van der Waals surface area contributed by atoms with E-state index in [1.807, 2.05) is 27.9 Å². The Morgan fingerprint density at radius 1 is 0.636 bits per heavy atom. The van der Waals surface area contributed by atoms with Crippen LogP contribution in [0.1, 0.15) is 43.0 Å². The van der Waals surface area contributed by atoms with Gasteiger partial charge in [0.15, 0.2) is 0 Å². The van der Waals surface area contributed by atoms with E-state index < -0.39 is 0 Å². The van der Waals surface area contributed by atoms with Crippen LogP contribution >= 0.6 is 0 Å². The van der Waals surface area contributed by atoms with Crippen molar-refractivity contribution in [2.45, 2.75) is 48.0 Å². The zero-order valence-electron chi connectivity index (χ0n) is 15.8. The molecule has 0 heterocycles. The second-order valence-electron chi connectivity index (χ2n) is 4.99. The molecule has 0 aliphatic carbocycles. The van der Waals surface area contributed by atoms with E-state index >= 15 is 0 Å². The van der Waals surface area contributed by atoms with Crippen molar-refractivity contribution in [1.82, 2.24) is 5.32 Å². The van der Waals surface area contributed by atoms with Crippen molar-refractivity contribution in [1.29, 1.82) is 0 Å². The summed E-state index contributed by atoms with van der Waals surface area (Å²) in [6.07, 6.45) is 1.14. The average Bonchev–Trinajstić information content (AvgIpc) is 2.54. The van der Waals surface area contributed by atoms with E-state index in [0.717, 1.165) is 6.42 Å². The van der Waals surface area contributed by atoms with E-state index in [1.165, 1.54) is 22.3 Å². The van der Waals surface area contributed by atoms with Gasteiger partial charge in [-0.2, -0.15) is 0 Å². The minimum absolute atomic E-state index is 1.14. The first kappa shape index (κ1) is 22.7. The van der Waals surface area contributed by atoms with Crippen LogP contribution in [0.15, 0.2) is 48.5 Å². The molecule has 0 atom stereocenters. The zero-order chi connectivity index (χ0) is 17.4. The Balaban J connectivity index is 0. The molecule has 0 saturated heterocycles. The van der Waals surface area contributed by atoms with Crippen LogP contribution in [0, 0.1) is 20.8 Å². The van der Waals surface area contributed by atoms with Gasteiger partial charge in [0.1, 0.15) is 0 Å². The first-order chi connectivity index (χ1) is 10.5. The molecule has 1 N–H and O–H groups in total. The topological polar surface area (TPSA) is 12.0 Å². The van der Waals surface area contributed by atoms with Crippen molar-refractivity contribution in [2.24, 2.45) is 0 Å². The monoisotopic (exact) mass is 301 g/mol. The van der Waals surface area contributed by atoms with Crippen LogP contribution in [0.25, 0.3) is 0 Å². The van der Waals surface area contributed by atoms with E-state index in [9.17, 15) is 0 Å². The minimum Gasteiger partial charge on any atom is -0.323 e. The molecule has 0 fully saturated rings. The summed E-state index contributed by atoms with van der Waals surface area (Å²) in [4.78, 5) is 0. The van der Waals surface area contributed by atoms with Gasteiger partial charge in [-0.05, 0) is 46.9 Å². The summed E-state index contributed by atoms with van der Waals surface area (Å²) in [5.74, 6) is 0. The van der Waals surface area contributed by atoms with E-state index in [4.69, 9.17) is 0 Å². The normalized spacial score (nSPS) is 8.36. The average molecular weight is 302 g/mol. The van der Waals surface area contributed by atoms with Crippen LogP contribution in [0.3, 0.4) is 0 Å². The van der Waals surface area contributed by atoms with Crippen LogP contribution in [0.2, 0.25) is 0 Å². The predicted molar refractivity (Wildman–Crippen MR) is 103 cm³/mol. The maximum atomic E-state index is 2.75. The number of aryl methyl sites for hydroxylation is 4. The van der Waals surface area contributed by atoms with Gasteiger partial charge in [-0.25, -0.2) is 0 Å². The van der Waals surface area contributed by atoms with Gasteiger partial charge in [0.25, 0.3) is 0 Å². The first-order valence-electron chi connectivity index (χ1n) is 8.20. The van der Waals surface area contributed by atoms with Crippen LogP contribution in [-0.4, -0.2) is 14.1 Å². The summed E-state index contributed by atoms with van der Waals surface area (Å²) in [7, 11) is 3.75. The molecule has 2 rings (SSSR count). The number of hydrogen-bond donors (Lipinski definition) is 1. The highest BCUT2D eigenvalue weighted by molar-refractivity contribution is 5.21. The quantitative estimate of drug-likeness (QED) is 0.710. The lowest BCUT2D eigenvalue weighted by atomic mass is 10.1. The molecule has 0 amide bonds. The molecule has 1 nitrogen and oxygen atoms in total. The van der Waals surface area contributed by atoms with Crippen molar-refractivity contribution in [2.75, 3.05) is 14.1 Å². The Bertz CT molecular complexity index is 419. The van der Waals surface area contributed by atoms with Crippen molar-refractivity contribution in [3.05, 3.63) is 70.8 Å². The summed E-state index contributed by atoms with van der Waals surface area (Å²) in [5, 5.41) is 2.75. The third kappa shape index (κ3) is 13.4. The molecule has 2 aromatic carbocycles. The molecule has 2 aromatic rings. The van der Waals surface area contributed by atoms with Crippen molar-refractivity contribution < 1.29 is 0 Å². The lowest BCUT2D eigenvalue weighted by Crippen LogP contribution is -1.89. The summed E-state index contributed by atoms with van der Waals surface area (Å²) >= 11 is 0. The Morgan fingerprint density at radius 2 is 0.864 bits per heavy atom. The maximum absolute atomic E-state index is 2.75. The van der Waals surface area contributed by atoms with Gasteiger partial charge in [0.05, 0.1) is 0 Å². The number of nitrogens with one attached hydrogen (secondary N) is 1. The van der Waals surface area contributed by atoms with Gasteiger partial charge in [-0.3, -0.25) is 0 Å². The predicted octanol–water partition coefficient (Wildman–Crippen LogP) is 5.72. The third-order valence-corrected chi connectivity index (χ3v) is 2.75. The van der Waals surface area contributed by atoms with Crippen LogP contribution in [-0.2, 0) is 6.42 Å². The molecule has 0 unspecified atom stereocenters.